The largest absolute Gasteiger partial charge is 0.417 e. The topological polar surface area (TPSA) is 102 Å². The Morgan fingerprint density at radius 1 is 1.24 bits per heavy atom. The van der Waals surface area contributed by atoms with E-state index in [-0.39, 0.29) is 29.6 Å². The van der Waals surface area contributed by atoms with Gasteiger partial charge >= 0.3 is 12.2 Å². The van der Waals surface area contributed by atoms with E-state index in [4.69, 9.17) is 4.42 Å². The molecule has 0 aliphatic carbocycles. The van der Waals surface area contributed by atoms with Crippen molar-refractivity contribution < 1.29 is 30.8 Å². The van der Waals surface area contributed by atoms with Crippen LogP contribution in [-0.4, -0.2) is 37.2 Å². The molecule has 11 heteroatoms. The van der Waals surface area contributed by atoms with Gasteiger partial charge in [0.15, 0.2) is 15.6 Å². The molecule has 2 rings (SSSR count). The van der Waals surface area contributed by atoms with E-state index >= 15 is 0 Å². The second-order valence-corrected chi connectivity index (χ2v) is 7.24. The Hall–Kier alpha value is -2.43. The van der Waals surface area contributed by atoms with Crippen molar-refractivity contribution in [2.75, 3.05) is 18.1 Å². The fourth-order valence-electron chi connectivity index (χ4n) is 2.31. The number of aryl methyl sites for hydroxylation is 1. The number of nitrogens with one attached hydrogen (secondary N) is 1. The number of anilines is 1. The zero-order chi connectivity index (χ0) is 19.0. The maximum absolute atomic E-state index is 13.1. The third kappa shape index (κ3) is 4.16. The number of halogens is 3. The van der Waals surface area contributed by atoms with Gasteiger partial charge in [0.25, 0.3) is 0 Å². The average molecular weight is 377 g/mol. The summed E-state index contributed by atoms with van der Waals surface area (Å²) in [5.41, 5.74) is -1.70. The van der Waals surface area contributed by atoms with Crippen LogP contribution in [0.5, 0.6) is 0 Å². The number of ketones is 1. The summed E-state index contributed by atoms with van der Waals surface area (Å²) in [6, 6.07) is 1.52. The van der Waals surface area contributed by atoms with Gasteiger partial charge in [-0.2, -0.15) is 13.2 Å². The number of carbonyl (C=O) groups is 1. The third-order valence-electron chi connectivity index (χ3n) is 3.31. The first kappa shape index (κ1) is 18.9. The molecule has 1 aromatic carbocycles. The summed E-state index contributed by atoms with van der Waals surface area (Å²) in [4.78, 5) is 11.4. The quantitative estimate of drug-likeness (QED) is 0.798. The number of hydrogen-bond acceptors (Lipinski definition) is 7. The first-order chi connectivity index (χ1) is 11.4. The first-order valence-corrected chi connectivity index (χ1v) is 8.78. The molecule has 0 saturated carbocycles. The molecule has 136 valence electrons. The molecule has 0 unspecified atom stereocenters. The Kier molecular flexibility index (Phi) is 4.89. The van der Waals surface area contributed by atoms with Gasteiger partial charge in [-0.25, -0.2) is 8.42 Å². The molecule has 0 atom stereocenters. The van der Waals surface area contributed by atoms with Gasteiger partial charge in [-0.3, -0.25) is 4.79 Å². The fraction of sp³-hybridized carbons (Fsp3) is 0.357. The van der Waals surface area contributed by atoms with Crippen molar-refractivity contribution in [2.45, 2.75) is 24.9 Å². The van der Waals surface area contributed by atoms with Crippen LogP contribution in [0.2, 0.25) is 0 Å². The monoisotopic (exact) mass is 377 g/mol. The number of benzene rings is 1. The number of sulfone groups is 1. The minimum atomic E-state index is -4.86. The van der Waals surface area contributed by atoms with Crippen molar-refractivity contribution in [1.82, 2.24) is 10.2 Å². The molecular weight excluding hydrogens is 363 g/mol. The van der Waals surface area contributed by atoms with Crippen LogP contribution in [0.15, 0.2) is 21.4 Å². The Morgan fingerprint density at radius 3 is 2.36 bits per heavy atom. The van der Waals surface area contributed by atoms with Crippen LogP contribution in [0.1, 0.15) is 27.4 Å². The molecule has 0 spiro atoms. The average Bonchev–Trinajstić information content (AvgIpc) is 2.87. The molecule has 0 radical (unpaired) electrons. The van der Waals surface area contributed by atoms with E-state index in [2.05, 4.69) is 15.5 Å². The number of rotatable bonds is 5. The highest BCUT2D eigenvalue weighted by Crippen LogP contribution is 2.36. The normalized spacial score (nSPS) is 12.2. The van der Waals surface area contributed by atoms with Gasteiger partial charge in [-0.05, 0) is 18.6 Å². The lowest BCUT2D eigenvalue weighted by Gasteiger charge is -2.16. The van der Waals surface area contributed by atoms with Gasteiger partial charge in [0.2, 0.25) is 5.89 Å². The standard InChI is InChI=1S/C14H14F3N3O4S/c1-7-9(11(21)6-18-13-20-19-8(2)24-13)4-5-10(14(15,16)17)12(7)25(3,22)23/h4-5H,6H2,1-3H3,(H,18,20). The van der Waals surface area contributed by atoms with Crippen molar-refractivity contribution in [2.24, 2.45) is 0 Å². The molecule has 1 aromatic heterocycles. The summed E-state index contributed by atoms with van der Waals surface area (Å²) in [6.45, 7) is 2.35. The molecular formula is C14H14F3N3O4S. The highest BCUT2D eigenvalue weighted by atomic mass is 32.2. The molecule has 1 heterocycles. The summed E-state index contributed by atoms with van der Waals surface area (Å²) in [5.74, 6) is -0.355. The number of hydrogen-bond donors (Lipinski definition) is 1. The smallest absolute Gasteiger partial charge is 0.408 e. The third-order valence-corrected chi connectivity index (χ3v) is 4.58. The molecule has 25 heavy (non-hydrogen) atoms. The van der Waals surface area contributed by atoms with E-state index in [0.717, 1.165) is 13.0 Å². The van der Waals surface area contributed by atoms with E-state index in [9.17, 15) is 26.4 Å². The lowest BCUT2D eigenvalue weighted by molar-refractivity contribution is -0.139. The lowest BCUT2D eigenvalue weighted by atomic mass is 10.0. The van der Waals surface area contributed by atoms with Crippen molar-refractivity contribution >= 4 is 21.6 Å². The number of nitrogens with zero attached hydrogens (tertiary/aromatic N) is 2. The molecule has 0 fully saturated rings. The van der Waals surface area contributed by atoms with Gasteiger partial charge in [0.05, 0.1) is 17.0 Å². The number of Topliss-reactive ketones (excluding diaryl/α,β-unsaturated/α-hetero) is 1. The predicted molar refractivity (Wildman–Crippen MR) is 81.1 cm³/mol. The zero-order valence-electron chi connectivity index (χ0n) is 13.4. The van der Waals surface area contributed by atoms with Gasteiger partial charge < -0.3 is 9.73 Å². The molecule has 0 saturated heterocycles. The second-order valence-electron chi connectivity index (χ2n) is 5.29. The van der Waals surface area contributed by atoms with E-state index in [1.165, 1.54) is 0 Å². The summed E-state index contributed by atoms with van der Waals surface area (Å²) in [6.07, 6.45) is -4.19. The molecule has 0 amide bonds. The van der Waals surface area contributed by atoms with Crippen LogP contribution in [-0.2, 0) is 16.0 Å². The van der Waals surface area contributed by atoms with Crippen LogP contribution in [0, 0.1) is 13.8 Å². The highest BCUT2D eigenvalue weighted by Gasteiger charge is 2.38. The number of carbonyl (C=O) groups excluding carboxylic acids is 1. The van der Waals surface area contributed by atoms with Gasteiger partial charge in [-0.15, -0.1) is 5.10 Å². The number of alkyl halides is 3. The lowest BCUT2D eigenvalue weighted by Crippen LogP contribution is -2.19. The fourth-order valence-corrected chi connectivity index (χ4v) is 3.56. The molecule has 0 aliphatic rings. The predicted octanol–water partition coefficient (Wildman–Crippen LogP) is 2.40. The van der Waals surface area contributed by atoms with E-state index in [1.807, 2.05) is 0 Å². The van der Waals surface area contributed by atoms with Gasteiger partial charge in [0, 0.05) is 18.7 Å². The summed E-state index contributed by atoms with van der Waals surface area (Å²) in [5, 5.41) is 9.69. The summed E-state index contributed by atoms with van der Waals surface area (Å²) in [7, 11) is -4.20. The van der Waals surface area contributed by atoms with Crippen molar-refractivity contribution in [3.05, 3.63) is 34.7 Å². The minimum absolute atomic E-state index is 0.0289. The Labute approximate surface area is 141 Å². The van der Waals surface area contributed by atoms with Crippen LogP contribution in [0.4, 0.5) is 19.2 Å². The highest BCUT2D eigenvalue weighted by molar-refractivity contribution is 7.90. The maximum Gasteiger partial charge on any atom is 0.417 e. The van der Waals surface area contributed by atoms with Crippen LogP contribution in [0.3, 0.4) is 0 Å². The Bertz CT molecular complexity index is 920. The Balaban J connectivity index is 2.40. The van der Waals surface area contributed by atoms with Crippen molar-refractivity contribution in [3.8, 4) is 0 Å². The number of aromatic nitrogens is 2. The maximum atomic E-state index is 13.1. The molecule has 1 N–H and O–H groups in total. The first-order valence-electron chi connectivity index (χ1n) is 6.89. The van der Waals surface area contributed by atoms with Gasteiger partial charge in [-0.1, -0.05) is 11.2 Å². The van der Waals surface area contributed by atoms with Crippen LogP contribution in [0.25, 0.3) is 0 Å². The molecule has 2 aromatic rings. The molecule has 0 bridgehead atoms. The molecule has 7 nitrogen and oxygen atoms in total. The molecule has 0 aliphatic heterocycles. The summed E-state index contributed by atoms with van der Waals surface area (Å²) >= 11 is 0. The van der Waals surface area contributed by atoms with Crippen molar-refractivity contribution in [1.29, 1.82) is 0 Å². The van der Waals surface area contributed by atoms with E-state index in [0.29, 0.717) is 12.3 Å². The Morgan fingerprint density at radius 2 is 1.88 bits per heavy atom. The van der Waals surface area contributed by atoms with E-state index < -0.39 is 32.3 Å². The SMILES string of the molecule is Cc1nnc(NCC(=O)c2ccc(C(F)(F)F)c(S(C)(=O)=O)c2C)o1. The van der Waals surface area contributed by atoms with E-state index in [1.54, 1.807) is 6.92 Å². The minimum Gasteiger partial charge on any atom is -0.408 e. The van der Waals surface area contributed by atoms with Crippen LogP contribution >= 0.6 is 0 Å². The van der Waals surface area contributed by atoms with Crippen LogP contribution < -0.4 is 5.32 Å². The van der Waals surface area contributed by atoms with Crippen molar-refractivity contribution in [3.63, 3.8) is 0 Å². The summed E-state index contributed by atoms with van der Waals surface area (Å²) < 4.78 is 67.9. The zero-order valence-corrected chi connectivity index (χ0v) is 14.2. The second kappa shape index (κ2) is 6.47. The van der Waals surface area contributed by atoms with Gasteiger partial charge in [0.1, 0.15) is 0 Å².